The first kappa shape index (κ1) is 14.7. The zero-order chi connectivity index (χ0) is 9.07. The van der Waals surface area contributed by atoms with Crippen LogP contribution in [0, 0.1) is 0 Å². The molecule has 0 aromatic heterocycles. The smallest absolute Gasteiger partial charge is 0.735 e. The van der Waals surface area contributed by atoms with Crippen LogP contribution in [0.2, 0.25) is 0 Å². The number of hydrogen-bond donors (Lipinski definition) is 0. The van der Waals surface area contributed by atoms with Crippen LogP contribution in [0.4, 0.5) is 4.39 Å². The molecule has 4 nitrogen and oxygen atoms in total. The standard InChI is InChI=1S/C5H10FNO3S.Li/c1-3-7(4-5(2)6)11(8,9)10;/h2-4H2,1H3,(H,8,9,10);/q;+1/p-1. The Bertz CT molecular complexity index is 241. The van der Waals surface area contributed by atoms with Gasteiger partial charge >= 0.3 is 18.9 Å². The van der Waals surface area contributed by atoms with Crippen molar-refractivity contribution in [3.8, 4) is 0 Å². The van der Waals surface area contributed by atoms with Gasteiger partial charge in [-0.15, -0.1) is 0 Å². The van der Waals surface area contributed by atoms with Crippen molar-refractivity contribution < 1.29 is 36.2 Å². The molecule has 0 saturated carbocycles. The van der Waals surface area contributed by atoms with Gasteiger partial charge in [0.1, 0.15) is 5.83 Å². The maximum absolute atomic E-state index is 12.0. The molecule has 0 fully saturated rings. The van der Waals surface area contributed by atoms with Gasteiger partial charge in [-0.05, 0) is 0 Å². The van der Waals surface area contributed by atoms with Crippen molar-refractivity contribution in [1.82, 2.24) is 4.31 Å². The Labute approximate surface area is 83.5 Å². The molecule has 0 N–H and O–H groups in total. The number of halogens is 1. The monoisotopic (exact) mass is 189 g/mol. The van der Waals surface area contributed by atoms with Crippen molar-refractivity contribution in [3.63, 3.8) is 0 Å². The van der Waals surface area contributed by atoms with Crippen molar-refractivity contribution in [2.24, 2.45) is 0 Å². The molecule has 0 aromatic carbocycles. The van der Waals surface area contributed by atoms with Crippen molar-refractivity contribution in [2.45, 2.75) is 6.92 Å². The molecule has 0 atom stereocenters. The van der Waals surface area contributed by atoms with Crippen molar-refractivity contribution >= 4 is 10.3 Å². The predicted octanol–water partition coefficient (Wildman–Crippen LogP) is -2.74. The summed E-state index contributed by atoms with van der Waals surface area (Å²) in [4.78, 5) is 0. The van der Waals surface area contributed by atoms with E-state index in [9.17, 15) is 17.4 Å². The van der Waals surface area contributed by atoms with Crippen molar-refractivity contribution in [2.75, 3.05) is 13.1 Å². The summed E-state index contributed by atoms with van der Waals surface area (Å²) in [6, 6.07) is 0. The van der Waals surface area contributed by atoms with Crippen LogP contribution >= 0.6 is 0 Å². The Morgan fingerprint density at radius 2 is 2.08 bits per heavy atom. The van der Waals surface area contributed by atoms with E-state index < -0.39 is 22.7 Å². The van der Waals surface area contributed by atoms with Gasteiger partial charge < -0.3 is 4.55 Å². The van der Waals surface area contributed by atoms with Gasteiger partial charge in [-0.25, -0.2) is 17.1 Å². The molecule has 0 aliphatic carbocycles. The Morgan fingerprint density at radius 1 is 1.67 bits per heavy atom. The van der Waals surface area contributed by atoms with Gasteiger partial charge in [0.15, 0.2) is 10.3 Å². The van der Waals surface area contributed by atoms with Crippen LogP contribution in [0.25, 0.3) is 0 Å². The normalized spacial score (nSPS) is 11.0. The summed E-state index contributed by atoms with van der Waals surface area (Å²) in [5, 5.41) is 0. The third-order valence-corrected chi connectivity index (χ3v) is 2.04. The Morgan fingerprint density at radius 3 is 2.17 bits per heavy atom. The van der Waals surface area contributed by atoms with Gasteiger partial charge in [0.2, 0.25) is 0 Å². The number of nitrogens with zero attached hydrogens (tertiary/aromatic N) is 1. The second kappa shape index (κ2) is 5.73. The molecule has 12 heavy (non-hydrogen) atoms. The van der Waals surface area contributed by atoms with Crippen LogP contribution in [0.5, 0.6) is 0 Å². The molecule has 7 heteroatoms. The topological polar surface area (TPSA) is 60.4 Å². The summed E-state index contributed by atoms with van der Waals surface area (Å²) >= 11 is 0. The molecule has 0 spiro atoms. The van der Waals surface area contributed by atoms with Crippen LogP contribution < -0.4 is 18.9 Å². The van der Waals surface area contributed by atoms with E-state index in [0.717, 1.165) is 0 Å². The quantitative estimate of drug-likeness (QED) is 0.356. The average Bonchev–Trinajstić information content (AvgIpc) is 1.79. The molecule has 66 valence electrons. The minimum Gasteiger partial charge on any atom is -0.735 e. The third-order valence-electron chi connectivity index (χ3n) is 1.02. The summed E-state index contributed by atoms with van der Waals surface area (Å²) in [5.74, 6) is -0.841. The summed E-state index contributed by atoms with van der Waals surface area (Å²) in [6.07, 6.45) is 0. The summed E-state index contributed by atoms with van der Waals surface area (Å²) in [5.41, 5.74) is 0. The zero-order valence-corrected chi connectivity index (χ0v) is 7.90. The van der Waals surface area contributed by atoms with E-state index >= 15 is 0 Å². The van der Waals surface area contributed by atoms with Gasteiger partial charge in [-0.1, -0.05) is 13.5 Å². The molecule has 0 aromatic rings. The van der Waals surface area contributed by atoms with Crippen LogP contribution in [0.1, 0.15) is 6.92 Å². The van der Waals surface area contributed by atoms with Crippen molar-refractivity contribution in [1.29, 1.82) is 0 Å². The first-order chi connectivity index (χ1) is 4.88. The van der Waals surface area contributed by atoms with E-state index in [1.54, 1.807) is 0 Å². The minimum atomic E-state index is -4.53. The van der Waals surface area contributed by atoms with E-state index in [1.165, 1.54) is 6.92 Å². The maximum atomic E-state index is 12.0. The average molecular weight is 189 g/mol. The van der Waals surface area contributed by atoms with Gasteiger partial charge in [0.25, 0.3) is 0 Å². The molecule has 0 saturated heterocycles. The van der Waals surface area contributed by atoms with Crippen LogP contribution in [-0.2, 0) is 10.3 Å². The van der Waals surface area contributed by atoms with Gasteiger partial charge in [0, 0.05) is 6.54 Å². The molecule has 0 radical (unpaired) electrons. The Kier molecular flexibility index (Phi) is 6.99. The van der Waals surface area contributed by atoms with E-state index in [-0.39, 0.29) is 25.4 Å². The molecule has 0 heterocycles. The number of rotatable bonds is 4. The van der Waals surface area contributed by atoms with Gasteiger partial charge in [0.05, 0.1) is 6.54 Å². The Hall–Kier alpha value is 0.137. The fourth-order valence-corrected chi connectivity index (χ4v) is 1.15. The fraction of sp³-hybridized carbons (Fsp3) is 0.600. The second-order valence-corrected chi connectivity index (χ2v) is 3.27. The molecule has 0 amide bonds. The number of likely N-dealkylation sites (N-methyl/N-ethyl adjacent to an activating group) is 1. The molecule has 0 bridgehead atoms. The van der Waals surface area contributed by atoms with E-state index in [1.807, 2.05) is 0 Å². The van der Waals surface area contributed by atoms with Gasteiger partial charge in [-0.3, -0.25) is 0 Å². The van der Waals surface area contributed by atoms with Crippen LogP contribution in [0.3, 0.4) is 0 Å². The Balaban J connectivity index is 0. The van der Waals surface area contributed by atoms with E-state index in [2.05, 4.69) is 6.58 Å². The maximum Gasteiger partial charge on any atom is 1.00 e. The summed E-state index contributed by atoms with van der Waals surface area (Å²) in [6.45, 7) is 3.69. The van der Waals surface area contributed by atoms with E-state index in [0.29, 0.717) is 4.31 Å². The van der Waals surface area contributed by atoms with Crippen LogP contribution in [0.15, 0.2) is 12.4 Å². The fourth-order valence-electron chi connectivity index (χ4n) is 0.540. The summed E-state index contributed by atoms with van der Waals surface area (Å²) < 4.78 is 43.3. The predicted molar refractivity (Wildman–Crippen MR) is 37.2 cm³/mol. The number of hydrogen-bond acceptors (Lipinski definition) is 3. The molecular formula is C5H9FLiNO3S. The zero-order valence-electron chi connectivity index (χ0n) is 7.08. The third kappa shape index (κ3) is 5.75. The van der Waals surface area contributed by atoms with Crippen molar-refractivity contribution in [3.05, 3.63) is 12.4 Å². The SMILES string of the molecule is C=C(F)CN(CC)S(=O)(=O)[O-].[Li+]. The van der Waals surface area contributed by atoms with E-state index in [4.69, 9.17) is 0 Å². The molecule has 0 rings (SSSR count). The summed E-state index contributed by atoms with van der Waals surface area (Å²) in [7, 11) is -4.53. The first-order valence-electron chi connectivity index (χ1n) is 2.92. The second-order valence-electron chi connectivity index (χ2n) is 1.90. The first-order valence-corrected chi connectivity index (χ1v) is 4.28. The molecule has 0 aliphatic heterocycles. The molecule has 0 unspecified atom stereocenters. The molecule has 0 aliphatic rings. The molecular weight excluding hydrogens is 180 g/mol. The minimum absolute atomic E-state index is 0. The van der Waals surface area contributed by atoms with Crippen LogP contribution in [-0.4, -0.2) is 30.4 Å². The largest absolute Gasteiger partial charge is 1.00 e. The van der Waals surface area contributed by atoms with Gasteiger partial charge in [-0.2, -0.15) is 0 Å².